The lowest BCUT2D eigenvalue weighted by molar-refractivity contribution is 0.142. The Morgan fingerprint density at radius 2 is 2.17 bits per heavy atom. The van der Waals surface area contributed by atoms with E-state index < -0.39 is 0 Å². The number of nitrogens with zero attached hydrogens (tertiary/aromatic N) is 2. The Morgan fingerprint density at radius 3 is 3.00 bits per heavy atom. The second-order valence-electron chi connectivity index (χ2n) is 5.65. The van der Waals surface area contributed by atoms with Crippen LogP contribution < -0.4 is 15.6 Å². The smallest absolute Gasteiger partial charge is 0.332 e. The van der Waals surface area contributed by atoms with E-state index in [4.69, 9.17) is 27.9 Å². The summed E-state index contributed by atoms with van der Waals surface area (Å²) in [4.78, 5) is 14.5. The van der Waals surface area contributed by atoms with Crippen molar-refractivity contribution in [3.05, 3.63) is 28.2 Å². The molecule has 2 heterocycles. The van der Waals surface area contributed by atoms with Gasteiger partial charge < -0.3 is 15.0 Å². The average molecular weight is 359 g/mol. The number of hydrazine groups is 1. The highest BCUT2D eigenvalue weighted by Crippen LogP contribution is 2.31. The highest BCUT2D eigenvalue weighted by molar-refractivity contribution is 6.36. The van der Waals surface area contributed by atoms with Crippen molar-refractivity contribution < 1.29 is 9.53 Å². The summed E-state index contributed by atoms with van der Waals surface area (Å²) in [5, 5.41) is 5.91. The summed E-state index contributed by atoms with van der Waals surface area (Å²) < 4.78 is 5.32. The number of amides is 2. The molecule has 0 saturated carbocycles. The standard InChI is InChI=1S/C15H20Cl2N4O2/c16-11-1-2-14(13(17)9-11)20-5-3-12(10-20)19-15(22)21-6-8-23-7-4-18-21/h1-2,9,12,18H,3-8,10H2,(H,19,22). The molecule has 8 heteroatoms. The van der Waals surface area contributed by atoms with Crippen LogP contribution in [0.5, 0.6) is 0 Å². The van der Waals surface area contributed by atoms with E-state index in [1.165, 1.54) is 0 Å². The Hall–Kier alpha value is -1.21. The van der Waals surface area contributed by atoms with Crippen LogP contribution in [0.4, 0.5) is 10.5 Å². The lowest BCUT2D eigenvalue weighted by Gasteiger charge is -2.24. The quantitative estimate of drug-likeness (QED) is 0.850. The van der Waals surface area contributed by atoms with Crippen molar-refractivity contribution in [3.8, 4) is 0 Å². The van der Waals surface area contributed by atoms with Gasteiger partial charge in [0, 0.05) is 30.7 Å². The molecule has 2 aliphatic heterocycles. The maximum atomic E-state index is 12.3. The summed E-state index contributed by atoms with van der Waals surface area (Å²) in [6.07, 6.45) is 0.884. The molecule has 2 N–H and O–H groups in total. The molecule has 1 aromatic carbocycles. The van der Waals surface area contributed by atoms with Gasteiger partial charge in [-0.1, -0.05) is 23.2 Å². The SMILES string of the molecule is O=C(NC1CCN(c2ccc(Cl)cc2Cl)C1)N1CCOCCN1. The van der Waals surface area contributed by atoms with Crippen molar-refractivity contribution in [2.75, 3.05) is 44.3 Å². The van der Waals surface area contributed by atoms with Crippen molar-refractivity contribution in [1.29, 1.82) is 0 Å². The zero-order chi connectivity index (χ0) is 16.2. The van der Waals surface area contributed by atoms with Gasteiger partial charge in [0.2, 0.25) is 0 Å². The topological polar surface area (TPSA) is 56.8 Å². The third-order valence-corrected chi connectivity index (χ3v) is 4.56. The van der Waals surface area contributed by atoms with E-state index in [1.807, 2.05) is 12.1 Å². The first-order valence-electron chi connectivity index (χ1n) is 7.73. The van der Waals surface area contributed by atoms with Crippen LogP contribution in [-0.2, 0) is 4.74 Å². The Balaban J connectivity index is 1.56. The Bertz CT molecular complexity index is 564. The molecule has 2 amide bonds. The molecule has 0 aliphatic carbocycles. The molecule has 2 aliphatic rings. The van der Waals surface area contributed by atoms with E-state index >= 15 is 0 Å². The summed E-state index contributed by atoms with van der Waals surface area (Å²) >= 11 is 12.2. The fraction of sp³-hybridized carbons (Fsp3) is 0.533. The lowest BCUT2D eigenvalue weighted by Crippen LogP contribution is -2.52. The molecule has 1 unspecified atom stereocenters. The normalized spacial score (nSPS) is 22.1. The molecule has 2 fully saturated rings. The monoisotopic (exact) mass is 358 g/mol. The van der Waals surface area contributed by atoms with Crippen LogP contribution in [0.1, 0.15) is 6.42 Å². The number of anilines is 1. The Morgan fingerprint density at radius 1 is 1.30 bits per heavy atom. The van der Waals surface area contributed by atoms with Gasteiger partial charge in [0.25, 0.3) is 0 Å². The van der Waals surface area contributed by atoms with E-state index in [0.717, 1.165) is 25.2 Å². The van der Waals surface area contributed by atoms with Crippen molar-refractivity contribution >= 4 is 34.9 Å². The van der Waals surface area contributed by atoms with E-state index in [2.05, 4.69) is 15.6 Å². The second kappa shape index (κ2) is 7.57. The Kier molecular flexibility index (Phi) is 5.48. The molecule has 126 valence electrons. The average Bonchev–Trinajstić information content (AvgIpc) is 2.81. The van der Waals surface area contributed by atoms with Gasteiger partial charge >= 0.3 is 6.03 Å². The van der Waals surface area contributed by atoms with Crippen LogP contribution in [0, 0.1) is 0 Å². The lowest BCUT2D eigenvalue weighted by atomic mass is 10.3. The molecule has 1 aromatic rings. The number of carbonyl (C=O) groups is 1. The maximum Gasteiger partial charge on any atom is 0.332 e. The minimum absolute atomic E-state index is 0.0974. The summed E-state index contributed by atoms with van der Waals surface area (Å²) in [5.74, 6) is 0. The molecular weight excluding hydrogens is 339 g/mol. The predicted octanol–water partition coefficient (Wildman–Crippen LogP) is 2.12. The van der Waals surface area contributed by atoms with E-state index in [1.54, 1.807) is 11.1 Å². The fourth-order valence-corrected chi connectivity index (χ4v) is 3.38. The van der Waals surface area contributed by atoms with Crippen LogP contribution in [0.3, 0.4) is 0 Å². The largest absolute Gasteiger partial charge is 0.378 e. The minimum atomic E-state index is -0.107. The molecule has 0 spiro atoms. The number of halogens is 2. The first-order chi connectivity index (χ1) is 11.1. The molecule has 0 bridgehead atoms. The predicted molar refractivity (Wildman–Crippen MR) is 91.1 cm³/mol. The van der Waals surface area contributed by atoms with Crippen LogP contribution in [-0.4, -0.2) is 56.5 Å². The summed E-state index contributed by atoms with van der Waals surface area (Å²) in [7, 11) is 0. The van der Waals surface area contributed by atoms with E-state index in [0.29, 0.717) is 36.3 Å². The van der Waals surface area contributed by atoms with Crippen molar-refractivity contribution in [1.82, 2.24) is 15.8 Å². The Labute approximate surface area is 145 Å². The molecule has 0 radical (unpaired) electrons. The number of carbonyl (C=O) groups excluding carboxylic acids is 1. The molecular formula is C15H20Cl2N4O2. The van der Waals surface area contributed by atoms with Crippen molar-refractivity contribution in [3.63, 3.8) is 0 Å². The van der Waals surface area contributed by atoms with Crippen molar-refractivity contribution in [2.45, 2.75) is 12.5 Å². The van der Waals surface area contributed by atoms with Gasteiger partial charge in [-0.15, -0.1) is 0 Å². The van der Waals surface area contributed by atoms with E-state index in [-0.39, 0.29) is 12.1 Å². The minimum Gasteiger partial charge on any atom is -0.378 e. The number of rotatable bonds is 2. The van der Waals surface area contributed by atoms with Gasteiger partial charge in [0.1, 0.15) is 0 Å². The maximum absolute atomic E-state index is 12.3. The molecule has 6 nitrogen and oxygen atoms in total. The molecule has 0 aromatic heterocycles. The summed E-state index contributed by atoms with van der Waals surface area (Å²) in [5.41, 5.74) is 4.01. The first kappa shape index (κ1) is 16.6. The van der Waals surface area contributed by atoms with Crippen LogP contribution in [0.15, 0.2) is 18.2 Å². The van der Waals surface area contributed by atoms with Gasteiger partial charge in [-0.2, -0.15) is 0 Å². The van der Waals surface area contributed by atoms with Gasteiger partial charge in [0.05, 0.1) is 30.5 Å². The number of hydrogen-bond donors (Lipinski definition) is 2. The molecule has 2 saturated heterocycles. The van der Waals surface area contributed by atoms with Gasteiger partial charge in [-0.05, 0) is 24.6 Å². The first-order valence-corrected chi connectivity index (χ1v) is 8.48. The van der Waals surface area contributed by atoms with Crippen LogP contribution >= 0.6 is 23.2 Å². The highest BCUT2D eigenvalue weighted by Gasteiger charge is 2.27. The summed E-state index contributed by atoms with van der Waals surface area (Å²) in [6.45, 7) is 3.95. The number of urea groups is 1. The van der Waals surface area contributed by atoms with Gasteiger partial charge in [-0.3, -0.25) is 5.01 Å². The van der Waals surface area contributed by atoms with E-state index in [9.17, 15) is 4.79 Å². The fourth-order valence-electron chi connectivity index (χ4n) is 2.85. The van der Waals surface area contributed by atoms with Crippen molar-refractivity contribution in [2.24, 2.45) is 0 Å². The number of hydrogen-bond acceptors (Lipinski definition) is 4. The number of nitrogens with one attached hydrogen (secondary N) is 2. The number of ether oxygens (including phenoxy) is 1. The molecule has 1 atom stereocenters. The van der Waals surface area contributed by atoms with Gasteiger partial charge in [-0.25, -0.2) is 10.2 Å². The summed E-state index contributed by atoms with van der Waals surface area (Å²) in [6, 6.07) is 5.48. The molecule has 23 heavy (non-hydrogen) atoms. The molecule has 3 rings (SSSR count). The second-order valence-corrected chi connectivity index (χ2v) is 6.49. The highest BCUT2D eigenvalue weighted by atomic mass is 35.5. The zero-order valence-electron chi connectivity index (χ0n) is 12.7. The van der Waals surface area contributed by atoms with Crippen LogP contribution in [0.25, 0.3) is 0 Å². The third kappa shape index (κ3) is 4.20. The van der Waals surface area contributed by atoms with Crippen LogP contribution in [0.2, 0.25) is 10.0 Å². The van der Waals surface area contributed by atoms with Gasteiger partial charge in [0.15, 0.2) is 0 Å². The number of benzene rings is 1. The zero-order valence-corrected chi connectivity index (χ0v) is 14.2. The third-order valence-electron chi connectivity index (χ3n) is 4.02.